The molecular weight excluding hydrogens is 270 g/mol. The van der Waals surface area contributed by atoms with Gasteiger partial charge in [-0.3, -0.25) is 0 Å². The first kappa shape index (κ1) is 14.3. The van der Waals surface area contributed by atoms with E-state index in [1.807, 2.05) is 30.3 Å². The summed E-state index contributed by atoms with van der Waals surface area (Å²) in [4.78, 5) is 0. The number of rotatable bonds is 5. The molecule has 96 valence electrons. The van der Waals surface area contributed by atoms with Crippen LogP contribution in [-0.2, 0) is 12.3 Å². The zero-order valence-electron chi connectivity index (χ0n) is 10.5. The Morgan fingerprint density at radius 3 is 2.26 bits per heavy atom. The minimum Gasteiger partial charge on any atom is -0.307 e. The van der Waals surface area contributed by atoms with Crippen molar-refractivity contribution in [1.29, 1.82) is 0 Å². The Morgan fingerprint density at radius 1 is 1.00 bits per heavy atom. The van der Waals surface area contributed by atoms with E-state index in [-0.39, 0.29) is 0 Å². The zero-order valence-corrected chi connectivity index (χ0v) is 12.1. The molecule has 0 fully saturated rings. The molecule has 0 aliphatic rings. The lowest BCUT2D eigenvalue weighted by atomic mass is 10.1. The molecule has 0 saturated heterocycles. The summed E-state index contributed by atoms with van der Waals surface area (Å²) in [7, 11) is 5.29. The monoisotopic (exact) mass is 285 g/mol. The van der Waals surface area contributed by atoms with Crippen molar-refractivity contribution in [3.05, 3.63) is 78.3 Å². The van der Waals surface area contributed by atoms with Crippen molar-refractivity contribution in [3.8, 4) is 0 Å². The number of nitrogens with one attached hydrogen (secondary N) is 1. The fourth-order valence-corrected chi connectivity index (χ4v) is 2.78. The van der Waals surface area contributed by atoms with Gasteiger partial charge in [-0.15, -0.1) is 11.8 Å². The zero-order chi connectivity index (χ0) is 13.5. The summed E-state index contributed by atoms with van der Waals surface area (Å²) in [6, 6.07) is 18.5. The molecule has 2 aromatic carbocycles. The Kier molecular flexibility index (Phi) is 5.58. The quantitative estimate of drug-likeness (QED) is 0.657. The van der Waals surface area contributed by atoms with Crippen LogP contribution >= 0.6 is 24.0 Å². The highest BCUT2D eigenvalue weighted by atomic mass is 32.2. The molecule has 0 heterocycles. The van der Waals surface area contributed by atoms with Gasteiger partial charge >= 0.3 is 0 Å². The first-order valence-electron chi connectivity index (χ1n) is 6.03. The minimum absolute atomic E-state index is 0.690. The molecule has 0 aliphatic heterocycles. The molecule has 0 amide bonds. The van der Waals surface area contributed by atoms with E-state index in [0.717, 1.165) is 15.5 Å². The van der Waals surface area contributed by atoms with E-state index in [9.17, 15) is 0 Å². The van der Waals surface area contributed by atoms with Crippen molar-refractivity contribution in [2.75, 3.05) is 0 Å². The summed E-state index contributed by atoms with van der Waals surface area (Å²) in [5, 5.41) is 2.65. The van der Waals surface area contributed by atoms with Crippen LogP contribution in [0.25, 0.3) is 0 Å². The normalized spacial score (nSPS) is 10.4. The molecule has 0 bridgehead atoms. The fraction of sp³-hybridized carbons (Fsp3) is 0.125. The molecular formula is C16H15NS2. The van der Waals surface area contributed by atoms with Crippen LogP contribution in [0.3, 0.4) is 0 Å². The molecule has 19 heavy (non-hydrogen) atoms. The summed E-state index contributed by atoms with van der Waals surface area (Å²) < 4.78 is 0.938. The van der Waals surface area contributed by atoms with Gasteiger partial charge in [-0.1, -0.05) is 66.8 Å². The molecule has 0 spiro atoms. The molecule has 2 radical (unpaired) electrons. The molecule has 2 rings (SSSR count). The second kappa shape index (κ2) is 7.43. The average molecular weight is 285 g/mol. The smallest absolute Gasteiger partial charge is 0.0781 e. The third-order valence-electron chi connectivity index (χ3n) is 2.71. The van der Waals surface area contributed by atoms with Crippen LogP contribution < -0.4 is 5.32 Å². The van der Waals surface area contributed by atoms with Gasteiger partial charge in [0.05, 0.1) is 4.20 Å². The summed E-state index contributed by atoms with van der Waals surface area (Å²) in [6.07, 6.45) is 0. The van der Waals surface area contributed by atoms with Crippen molar-refractivity contribution in [2.24, 2.45) is 0 Å². The Bertz CT molecular complexity index is 520. The Balaban J connectivity index is 1.90. The van der Waals surface area contributed by atoms with Gasteiger partial charge in [0, 0.05) is 19.3 Å². The van der Waals surface area contributed by atoms with Gasteiger partial charge in [0.1, 0.15) is 0 Å². The van der Waals surface area contributed by atoms with Gasteiger partial charge in [0.25, 0.3) is 0 Å². The average Bonchev–Trinajstić information content (AvgIpc) is 2.47. The molecule has 2 aromatic rings. The molecule has 0 saturated carbocycles. The summed E-state index contributed by atoms with van der Waals surface area (Å²) in [5.74, 6) is 0.893. The predicted octanol–water partition coefficient (Wildman–Crippen LogP) is 4.05. The number of thiocarbonyl (C=S) groups is 1. The van der Waals surface area contributed by atoms with Gasteiger partial charge in [0.15, 0.2) is 0 Å². The highest BCUT2D eigenvalue weighted by Gasteiger charge is 2.02. The van der Waals surface area contributed by atoms with E-state index in [2.05, 4.69) is 29.6 Å². The van der Waals surface area contributed by atoms with E-state index in [0.29, 0.717) is 6.54 Å². The van der Waals surface area contributed by atoms with Crippen LogP contribution in [-0.4, -0.2) is 4.20 Å². The van der Waals surface area contributed by atoms with Gasteiger partial charge in [-0.25, -0.2) is 0 Å². The second-order valence-electron chi connectivity index (χ2n) is 4.14. The van der Waals surface area contributed by atoms with E-state index >= 15 is 0 Å². The maximum Gasteiger partial charge on any atom is 0.0781 e. The lowest BCUT2D eigenvalue weighted by molar-refractivity contribution is 0.866. The topological polar surface area (TPSA) is 12.0 Å². The Labute approximate surface area is 124 Å². The van der Waals surface area contributed by atoms with Crippen molar-refractivity contribution >= 4 is 28.2 Å². The third-order valence-corrected chi connectivity index (χ3v) is 4.27. The van der Waals surface area contributed by atoms with E-state index in [1.54, 1.807) is 11.8 Å². The summed E-state index contributed by atoms with van der Waals surface area (Å²) >= 11 is 7.12. The second-order valence-corrected chi connectivity index (χ2v) is 5.79. The highest BCUT2D eigenvalue weighted by Crippen LogP contribution is 2.19. The number of hydrogen-bond acceptors (Lipinski definition) is 3. The molecule has 0 unspecified atom stereocenters. The maximum atomic E-state index is 5.42. The van der Waals surface area contributed by atoms with Gasteiger partial charge in [0.2, 0.25) is 0 Å². The van der Waals surface area contributed by atoms with Crippen LogP contribution in [0.1, 0.15) is 16.7 Å². The summed E-state index contributed by atoms with van der Waals surface area (Å²) in [5.41, 5.74) is 3.57. The minimum atomic E-state index is 0.690. The van der Waals surface area contributed by atoms with E-state index in [1.165, 1.54) is 11.1 Å². The van der Waals surface area contributed by atoms with Gasteiger partial charge in [-0.05, 0) is 16.7 Å². The first-order valence-corrected chi connectivity index (χ1v) is 7.42. The molecule has 1 nitrogen and oxygen atoms in total. The lowest BCUT2D eigenvalue weighted by Gasteiger charge is -2.05. The standard InChI is InChI=1S/C16H15NS2/c1-17-11-13-7-9-14(10-8-13)12-19-16(18)15-5-3-2-4-6-15/h1-10,17H,11-12H2. The molecule has 3 heteroatoms. The third kappa shape index (κ3) is 4.46. The lowest BCUT2D eigenvalue weighted by Crippen LogP contribution is -2.01. The first-order chi connectivity index (χ1) is 9.29. The van der Waals surface area contributed by atoms with Crippen molar-refractivity contribution < 1.29 is 0 Å². The summed E-state index contributed by atoms with van der Waals surface area (Å²) in [6.45, 7) is 0.690. The van der Waals surface area contributed by atoms with Gasteiger partial charge in [-0.2, -0.15) is 0 Å². The van der Waals surface area contributed by atoms with Crippen LogP contribution in [0.15, 0.2) is 54.6 Å². The van der Waals surface area contributed by atoms with Crippen molar-refractivity contribution in [2.45, 2.75) is 12.3 Å². The van der Waals surface area contributed by atoms with Gasteiger partial charge < -0.3 is 5.32 Å². The van der Waals surface area contributed by atoms with Crippen LogP contribution in [0.4, 0.5) is 0 Å². The fourth-order valence-electron chi connectivity index (χ4n) is 1.68. The maximum absolute atomic E-state index is 5.42. The SMILES string of the molecule is [CH]NCc1ccc(CSC(=S)c2ccccc2)cc1. The molecule has 1 N–H and O–H groups in total. The molecule has 0 aliphatic carbocycles. The van der Waals surface area contributed by atoms with E-state index < -0.39 is 0 Å². The molecule has 0 aromatic heterocycles. The molecule has 0 atom stereocenters. The van der Waals surface area contributed by atoms with Crippen LogP contribution in [0.2, 0.25) is 0 Å². The number of hydrogen-bond donors (Lipinski definition) is 1. The highest BCUT2D eigenvalue weighted by molar-refractivity contribution is 8.23. The largest absolute Gasteiger partial charge is 0.307 e. The Morgan fingerprint density at radius 2 is 1.63 bits per heavy atom. The predicted molar refractivity (Wildman–Crippen MR) is 87.0 cm³/mol. The number of benzene rings is 2. The van der Waals surface area contributed by atoms with E-state index in [4.69, 9.17) is 19.3 Å². The van der Waals surface area contributed by atoms with Crippen LogP contribution in [0, 0.1) is 7.05 Å². The van der Waals surface area contributed by atoms with Crippen molar-refractivity contribution in [1.82, 2.24) is 5.32 Å². The Hall–Kier alpha value is -1.16. The number of thioether (sulfide) groups is 1. The van der Waals surface area contributed by atoms with Crippen molar-refractivity contribution in [3.63, 3.8) is 0 Å². The van der Waals surface area contributed by atoms with Crippen LogP contribution in [0.5, 0.6) is 0 Å².